The van der Waals surface area contributed by atoms with Crippen LogP contribution in [0.4, 0.5) is 8.78 Å². The Kier molecular flexibility index (Phi) is 6.82. The predicted octanol–water partition coefficient (Wildman–Crippen LogP) is 5.35. The summed E-state index contributed by atoms with van der Waals surface area (Å²) in [6, 6.07) is 5.41. The van der Waals surface area contributed by atoms with Gasteiger partial charge in [-0.25, -0.2) is 13.8 Å². The minimum atomic E-state index is -0.800. The van der Waals surface area contributed by atoms with Crippen LogP contribution >= 0.6 is 11.6 Å². The van der Waals surface area contributed by atoms with E-state index in [1.54, 1.807) is 29.8 Å². The molecule has 0 bridgehead atoms. The Morgan fingerprint density at radius 1 is 1.13 bits per heavy atom. The van der Waals surface area contributed by atoms with E-state index in [0.717, 1.165) is 30.7 Å². The Balaban J connectivity index is 0.00000124. The van der Waals surface area contributed by atoms with Gasteiger partial charge in [0.1, 0.15) is 29.0 Å². The van der Waals surface area contributed by atoms with Crippen LogP contribution in [0.2, 0.25) is 5.15 Å². The van der Waals surface area contributed by atoms with Crippen molar-refractivity contribution in [3.05, 3.63) is 80.8 Å². The van der Waals surface area contributed by atoms with Gasteiger partial charge >= 0.3 is 0 Å². The Morgan fingerprint density at radius 3 is 2.50 bits per heavy atom. The summed E-state index contributed by atoms with van der Waals surface area (Å²) in [6.07, 6.45) is 4.75. The standard InChI is InChI=1S/C20H16ClF2N3O2.C2H6/c1-11-4-14(28-10-17-16(23)5-13(22)8-24-17)6-20(27)26(11)18-7-19(21)25-9-15(18)12-2-3-12;1-2/h4-9,12H,2-3,10H2,1H3;1-2H3. The Bertz CT molecular complexity index is 1110. The van der Waals surface area contributed by atoms with E-state index in [0.29, 0.717) is 22.5 Å². The van der Waals surface area contributed by atoms with Crippen molar-refractivity contribution in [2.45, 2.75) is 46.1 Å². The third kappa shape index (κ3) is 4.84. The number of pyridine rings is 3. The number of ether oxygens (including phenoxy) is 1. The number of hydrogen-bond acceptors (Lipinski definition) is 4. The zero-order valence-corrected chi connectivity index (χ0v) is 17.7. The summed E-state index contributed by atoms with van der Waals surface area (Å²) in [6.45, 7) is 5.55. The number of aromatic nitrogens is 3. The Hall–Kier alpha value is -2.80. The maximum atomic E-state index is 13.7. The maximum Gasteiger partial charge on any atom is 0.259 e. The topological polar surface area (TPSA) is 57.0 Å². The first kappa shape index (κ1) is 21.9. The Morgan fingerprint density at radius 2 is 1.87 bits per heavy atom. The molecule has 0 amide bonds. The average molecular weight is 434 g/mol. The van der Waals surface area contributed by atoms with Gasteiger partial charge in [0.05, 0.1) is 11.9 Å². The summed E-state index contributed by atoms with van der Waals surface area (Å²) in [5, 5.41) is 0.309. The van der Waals surface area contributed by atoms with Gasteiger partial charge in [-0.1, -0.05) is 25.4 Å². The molecule has 158 valence electrons. The largest absolute Gasteiger partial charge is 0.487 e. The van der Waals surface area contributed by atoms with Crippen LogP contribution in [0, 0.1) is 18.6 Å². The molecular formula is C22H22ClF2N3O2. The minimum absolute atomic E-state index is 0.0415. The van der Waals surface area contributed by atoms with Crippen LogP contribution in [0.3, 0.4) is 0 Å². The van der Waals surface area contributed by atoms with Gasteiger partial charge in [-0.05, 0) is 37.3 Å². The fraction of sp³-hybridized carbons (Fsp3) is 0.318. The van der Waals surface area contributed by atoms with Gasteiger partial charge in [0.25, 0.3) is 5.56 Å². The van der Waals surface area contributed by atoms with Gasteiger partial charge in [0, 0.05) is 30.1 Å². The molecular weight excluding hydrogens is 412 g/mol. The SMILES string of the molecule is CC.Cc1cc(OCc2ncc(F)cc2F)cc(=O)n1-c1cc(Cl)ncc1C1CC1. The minimum Gasteiger partial charge on any atom is -0.487 e. The van der Waals surface area contributed by atoms with E-state index < -0.39 is 11.6 Å². The molecule has 0 atom stereocenters. The number of aryl methyl sites for hydroxylation is 1. The zero-order chi connectivity index (χ0) is 21.8. The van der Waals surface area contributed by atoms with Crippen LogP contribution in [0.1, 0.15) is 49.6 Å². The molecule has 0 radical (unpaired) electrons. The molecule has 3 aromatic rings. The molecule has 1 aliphatic carbocycles. The van der Waals surface area contributed by atoms with Gasteiger partial charge in [0.15, 0.2) is 5.82 Å². The smallest absolute Gasteiger partial charge is 0.259 e. The van der Waals surface area contributed by atoms with Crippen LogP contribution in [0.5, 0.6) is 5.75 Å². The molecule has 0 unspecified atom stereocenters. The molecule has 0 saturated heterocycles. The molecule has 0 aromatic carbocycles. The highest BCUT2D eigenvalue weighted by Gasteiger charge is 2.28. The lowest BCUT2D eigenvalue weighted by Gasteiger charge is -2.16. The highest BCUT2D eigenvalue weighted by molar-refractivity contribution is 6.29. The number of rotatable bonds is 5. The van der Waals surface area contributed by atoms with Gasteiger partial charge in [-0.15, -0.1) is 0 Å². The van der Waals surface area contributed by atoms with Crippen LogP contribution in [-0.2, 0) is 6.61 Å². The first-order chi connectivity index (χ1) is 14.4. The van der Waals surface area contributed by atoms with Crippen molar-refractivity contribution in [3.63, 3.8) is 0 Å². The highest BCUT2D eigenvalue weighted by Crippen LogP contribution is 2.42. The quantitative estimate of drug-likeness (QED) is 0.509. The molecule has 8 heteroatoms. The van der Waals surface area contributed by atoms with Crippen molar-refractivity contribution < 1.29 is 13.5 Å². The number of hydrogen-bond donors (Lipinski definition) is 0. The molecule has 30 heavy (non-hydrogen) atoms. The van der Waals surface area contributed by atoms with E-state index >= 15 is 0 Å². The summed E-state index contributed by atoms with van der Waals surface area (Å²) < 4.78 is 33.7. The summed E-state index contributed by atoms with van der Waals surface area (Å²) in [5.74, 6) is -0.903. The third-order valence-corrected chi connectivity index (χ3v) is 4.79. The van der Waals surface area contributed by atoms with Crippen molar-refractivity contribution in [2.24, 2.45) is 0 Å². The van der Waals surface area contributed by atoms with E-state index in [1.165, 1.54) is 6.07 Å². The second-order valence-corrected chi connectivity index (χ2v) is 7.10. The fourth-order valence-corrected chi connectivity index (χ4v) is 3.25. The molecule has 1 fully saturated rings. The summed E-state index contributed by atoms with van der Waals surface area (Å²) in [4.78, 5) is 20.6. The summed E-state index contributed by atoms with van der Waals surface area (Å²) in [7, 11) is 0. The lowest BCUT2D eigenvalue weighted by Crippen LogP contribution is -2.21. The van der Waals surface area contributed by atoms with Gasteiger partial charge < -0.3 is 4.74 Å². The molecule has 0 spiro atoms. The molecule has 5 nitrogen and oxygen atoms in total. The zero-order valence-electron chi connectivity index (χ0n) is 17.0. The van der Waals surface area contributed by atoms with Crippen LogP contribution in [0.25, 0.3) is 5.69 Å². The summed E-state index contributed by atoms with van der Waals surface area (Å²) >= 11 is 6.05. The lowest BCUT2D eigenvalue weighted by molar-refractivity contribution is 0.292. The van der Waals surface area contributed by atoms with Gasteiger partial charge in [-0.3, -0.25) is 14.3 Å². The van der Waals surface area contributed by atoms with E-state index in [1.807, 2.05) is 13.8 Å². The summed E-state index contributed by atoms with van der Waals surface area (Å²) in [5.41, 5.74) is 2.00. The second kappa shape index (κ2) is 9.34. The van der Waals surface area contributed by atoms with Crippen molar-refractivity contribution >= 4 is 11.6 Å². The molecule has 1 saturated carbocycles. The van der Waals surface area contributed by atoms with Crippen molar-refractivity contribution in [3.8, 4) is 11.4 Å². The Labute approximate surface area is 178 Å². The molecule has 4 rings (SSSR count). The molecule has 0 aliphatic heterocycles. The van der Waals surface area contributed by atoms with E-state index in [4.69, 9.17) is 16.3 Å². The first-order valence-electron chi connectivity index (χ1n) is 9.74. The van der Waals surface area contributed by atoms with Crippen molar-refractivity contribution in [2.75, 3.05) is 0 Å². The average Bonchev–Trinajstić information content (AvgIpc) is 3.54. The lowest BCUT2D eigenvalue weighted by atomic mass is 10.1. The molecule has 0 N–H and O–H groups in total. The molecule has 3 heterocycles. The van der Waals surface area contributed by atoms with Gasteiger partial charge in [-0.2, -0.15) is 0 Å². The normalized spacial score (nSPS) is 12.9. The van der Waals surface area contributed by atoms with Crippen LogP contribution < -0.4 is 10.3 Å². The van der Waals surface area contributed by atoms with Crippen molar-refractivity contribution in [1.29, 1.82) is 0 Å². The number of nitrogens with zero attached hydrogens (tertiary/aromatic N) is 3. The molecule has 1 aliphatic rings. The monoisotopic (exact) mass is 433 g/mol. The second-order valence-electron chi connectivity index (χ2n) is 6.72. The van der Waals surface area contributed by atoms with E-state index in [9.17, 15) is 13.6 Å². The molecule has 3 aromatic heterocycles. The van der Waals surface area contributed by atoms with Crippen molar-refractivity contribution in [1.82, 2.24) is 14.5 Å². The maximum absolute atomic E-state index is 13.7. The van der Waals surface area contributed by atoms with Crippen LogP contribution in [0.15, 0.2) is 41.5 Å². The highest BCUT2D eigenvalue weighted by atomic mass is 35.5. The first-order valence-corrected chi connectivity index (χ1v) is 10.1. The fourth-order valence-electron chi connectivity index (χ4n) is 3.10. The predicted molar refractivity (Wildman–Crippen MR) is 111 cm³/mol. The van der Waals surface area contributed by atoms with Crippen LogP contribution in [-0.4, -0.2) is 14.5 Å². The number of halogens is 3. The van der Waals surface area contributed by atoms with E-state index in [2.05, 4.69) is 9.97 Å². The third-order valence-electron chi connectivity index (χ3n) is 4.59. The van der Waals surface area contributed by atoms with Gasteiger partial charge in [0.2, 0.25) is 0 Å². The van der Waals surface area contributed by atoms with E-state index in [-0.39, 0.29) is 23.6 Å².